The number of ether oxygens (including phenoxy) is 2. The Bertz CT molecular complexity index is 1070. The lowest BCUT2D eigenvalue weighted by Gasteiger charge is -2.26. The highest BCUT2D eigenvalue weighted by Gasteiger charge is 2.29. The molecule has 0 saturated heterocycles. The molecule has 10 heteroatoms. The Morgan fingerprint density at radius 3 is 2.35 bits per heavy atom. The van der Waals surface area contributed by atoms with E-state index in [0.29, 0.717) is 6.42 Å². The van der Waals surface area contributed by atoms with Crippen LogP contribution in [0.25, 0.3) is 10.9 Å². The molecule has 0 bridgehead atoms. The van der Waals surface area contributed by atoms with E-state index in [4.69, 9.17) is 9.47 Å². The van der Waals surface area contributed by atoms with Crippen molar-refractivity contribution in [3.05, 3.63) is 36.0 Å². The molecule has 1 heterocycles. The van der Waals surface area contributed by atoms with Gasteiger partial charge in [0.2, 0.25) is 11.8 Å². The van der Waals surface area contributed by atoms with Crippen molar-refractivity contribution >= 4 is 34.8 Å². The molecule has 2 aromatic rings. The number of amides is 3. The molecular formula is C27H40N4O6. The molecule has 2 atom stereocenters. The van der Waals surface area contributed by atoms with Gasteiger partial charge in [-0.2, -0.15) is 0 Å². The van der Waals surface area contributed by atoms with E-state index in [0.717, 1.165) is 16.5 Å². The van der Waals surface area contributed by atoms with Crippen molar-refractivity contribution in [2.45, 2.75) is 78.5 Å². The summed E-state index contributed by atoms with van der Waals surface area (Å²) in [5.41, 5.74) is 1.04. The molecule has 0 aliphatic rings. The smallest absolute Gasteiger partial charge is 0.408 e. The monoisotopic (exact) mass is 516 g/mol. The summed E-state index contributed by atoms with van der Waals surface area (Å²) in [6, 6.07) is 5.83. The summed E-state index contributed by atoms with van der Waals surface area (Å²) in [5.74, 6) is -1.26. The third kappa shape index (κ3) is 10.1. The number of para-hydroxylation sites is 1. The highest BCUT2D eigenvalue weighted by atomic mass is 16.6. The maximum absolute atomic E-state index is 13.3. The topological polar surface area (TPSA) is 139 Å². The first-order chi connectivity index (χ1) is 17.4. The minimum atomic E-state index is -0.941. The number of carbonyl (C=O) groups is 4. The lowest BCUT2D eigenvalue weighted by molar-refractivity contribution is -0.143. The van der Waals surface area contributed by atoms with E-state index in [1.807, 2.05) is 38.1 Å². The number of benzene rings is 1. The van der Waals surface area contributed by atoms with Gasteiger partial charge in [-0.1, -0.05) is 32.0 Å². The molecule has 0 spiro atoms. The average molecular weight is 517 g/mol. The molecule has 0 saturated carbocycles. The molecule has 0 aliphatic heterocycles. The van der Waals surface area contributed by atoms with Crippen molar-refractivity contribution in [2.24, 2.45) is 5.92 Å². The molecule has 0 fully saturated rings. The standard InChI is InChI=1S/C27H40N4O6/c1-7-36-23(32)12-13-28-24(33)22(15-18-16-29-20-11-9-8-10-19(18)20)30-25(34)21(14-17(2)3)31-26(35)37-27(4,5)6/h8-11,16-17,21-22,29H,7,12-15H2,1-6H3,(H,28,33)(H,30,34)(H,31,35)/t21-,22+/m0/s1. The molecule has 0 unspecified atom stereocenters. The van der Waals surface area contributed by atoms with E-state index in [-0.39, 0.29) is 31.9 Å². The minimum Gasteiger partial charge on any atom is -0.466 e. The van der Waals surface area contributed by atoms with Crippen LogP contribution in [0.5, 0.6) is 0 Å². The van der Waals surface area contributed by atoms with Gasteiger partial charge >= 0.3 is 12.1 Å². The third-order valence-electron chi connectivity index (χ3n) is 5.38. The fourth-order valence-corrected chi connectivity index (χ4v) is 3.80. The molecule has 0 aliphatic carbocycles. The Morgan fingerprint density at radius 1 is 1.00 bits per heavy atom. The second-order valence-corrected chi connectivity index (χ2v) is 10.3. The van der Waals surface area contributed by atoms with Gasteiger partial charge in [-0.15, -0.1) is 0 Å². The number of esters is 1. The van der Waals surface area contributed by atoms with Gasteiger partial charge < -0.3 is 30.4 Å². The fourth-order valence-electron chi connectivity index (χ4n) is 3.80. The highest BCUT2D eigenvalue weighted by molar-refractivity contribution is 5.92. The largest absolute Gasteiger partial charge is 0.466 e. The van der Waals surface area contributed by atoms with E-state index in [1.54, 1.807) is 33.9 Å². The summed E-state index contributed by atoms with van der Waals surface area (Å²) in [6.07, 6.45) is 1.68. The Labute approximate surface area is 218 Å². The lowest BCUT2D eigenvalue weighted by atomic mass is 10.0. The molecule has 1 aromatic heterocycles. The minimum absolute atomic E-state index is 0.0174. The van der Waals surface area contributed by atoms with Gasteiger partial charge in [0.1, 0.15) is 17.7 Å². The Hall–Kier alpha value is -3.56. The van der Waals surface area contributed by atoms with Crippen LogP contribution in [0.2, 0.25) is 0 Å². The summed E-state index contributed by atoms with van der Waals surface area (Å²) in [5, 5.41) is 9.09. The van der Waals surface area contributed by atoms with E-state index in [9.17, 15) is 19.2 Å². The first kappa shape index (κ1) is 29.7. The van der Waals surface area contributed by atoms with E-state index < -0.39 is 41.6 Å². The number of alkyl carbamates (subject to hydrolysis) is 1. The van der Waals surface area contributed by atoms with Crippen molar-refractivity contribution in [1.82, 2.24) is 20.9 Å². The molecule has 204 valence electrons. The molecule has 1 aromatic carbocycles. The van der Waals surface area contributed by atoms with E-state index in [2.05, 4.69) is 20.9 Å². The van der Waals surface area contributed by atoms with Gasteiger partial charge in [-0.3, -0.25) is 14.4 Å². The predicted octanol–water partition coefficient (Wildman–Crippen LogP) is 3.20. The van der Waals surface area contributed by atoms with Gasteiger partial charge in [0.05, 0.1) is 13.0 Å². The lowest BCUT2D eigenvalue weighted by Crippen LogP contribution is -2.55. The molecule has 0 radical (unpaired) electrons. The Morgan fingerprint density at radius 2 is 1.70 bits per heavy atom. The van der Waals surface area contributed by atoms with E-state index >= 15 is 0 Å². The zero-order valence-electron chi connectivity index (χ0n) is 22.6. The second kappa shape index (κ2) is 13.7. The van der Waals surface area contributed by atoms with Crippen LogP contribution in [0.1, 0.15) is 59.9 Å². The first-order valence-electron chi connectivity index (χ1n) is 12.7. The van der Waals surface area contributed by atoms with Gasteiger partial charge in [0.15, 0.2) is 0 Å². The number of H-pyrrole nitrogens is 1. The maximum atomic E-state index is 13.3. The number of fused-ring (bicyclic) bond motifs is 1. The van der Waals surface area contributed by atoms with Gasteiger partial charge in [-0.25, -0.2) is 4.79 Å². The second-order valence-electron chi connectivity index (χ2n) is 10.3. The van der Waals surface area contributed by atoms with Crippen molar-refractivity contribution in [3.63, 3.8) is 0 Å². The van der Waals surface area contributed by atoms with Gasteiger partial charge in [0, 0.05) is 30.1 Å². The first-order valence-corrected chi connectivity index (χ1v) is 12.7. The highest BCUT2D eigenvalue weighted by Crippen LogP contribution is 2.19. The van der Waals surface area contributed by atoms with Crippen LogP contribution < -0.4 is 16.0 Å². The van der Waals surface area contributed by atoms with Crippen LogP contribution in [-0.2, 0) is 30.3 Å². The van der Waals surface area contributed by atoms with Crippen molar-refractivity contribution in [3.8, 4) is 0 Å². The van der Waals surface area contributed by atoms with Crippen LogP contribution in [0.3, 0.4) is 0 Å². The van der Waals surface area contributed by atoms with Crippen LogP contribution in [0.15, 0.2) is 30.5 Å². The normalized spacial score (nSPS) is 13.1. The average Bonchev–Trinajstić information content (AvgIpc) is 3.19. The molecular weight excluding hydrogens is 476 g/mol. The summed E-state index contributed by atoms with van der Waals surface area (Å²) < 4.78 is 10.2. The van der Waals surface area contributed by atoms with Gasteiger partial charge in [-0.05, 0) is 51.7 Å². The van der Waals surface area contributed by atoms with Gasteiger partial charge in [0.25, 0.3) is 0 Å². The molecule has 37 heavy (non-hydrogen) atoms. The quantitative estimate of drug-likeness (QED) is 0.320. The predicted molar refractivity (Wildman–Crippen MR) is 141 cm³/mol. The summed E-state index contributed by atoms with van der Waals surface area (Å²) in [7, 11) is 0. The molecule has 3 amide bonds. The van der Waals surface area contributed by atoms with Crippen molar-refractivity contribution < 1.29 is 28.7 Å². The number of hydrogen-bond donors (Lipinski definition) is 4. The fraction of sp³-hybridized carbons (Fsp3) is 0.556. The zero-order chi connectivity index (χ0) is 27.6. The number of aromatic amines is 1. The third-order valence-corrected chi connectivity index (χ3v) is 5.38. The Kier molecular flexibility index (Phi) is 11.0. The van der Waals surface area contributed by atoms with Crippen LogP contribution in [0.4, 0.5) is 4.79 Å². The van der Waals surface area contributed by atoms with E-state index in [1.165, 1.54) is 0 Å². The van der Waals surface area contributed by atoms with Crippen molar-refractivity contribution in [2.75, 3.05) is 13.2 Å². The number of hydrogen-bond acceptors (Lipinski definition) is 6. The SMILES string of the molecule is CCOC(=O)CCNC(=O)[C@@H](Cc1c[nH]c2ccccc12)NC(=O)[C@H](CC(C)C)NC(=O)OC(C)(C)C. The summed E-state index contributed by atoms with van der Waals surface area (Å²) in [4.78, 5) is 53.7. The number of rotatable bonds is 12. The van der Waals surface area contributed by atoms with Crippen LogP contribution in [0, 0.1) is 5.92 Å². The molecule has 2 rings (SSSR count). The maximum Gasteiger partial charge on any atom is 0.408 e. The molecule has 10 nitrogen and oxygen atoms in total. The number of aromatic nitrogens is 1. The number of nitrogens with one attached hydrogen (secondary N) is 4. The summed E-state index contributed by atoms with van der Waals surface area (Å²) >= 11 is 0. The van der Waals surface area contributed by atoms with Crippen molar-refractivity contribution in [1.29, 1.82) is 0 Å². The zero-order valence-corrected chi connectivity index (χ0v) is 22.6. The number of carbonyl (C=O) groups excluding carboxylic acids is 4. The summed E-state index contributed by atoms with van der Waals surface area (Å²) in [6.45, 7) is 11.1. The molecule has 4 N–H and O–H groups in total. The Balaban J connectivity index is 2.20. The van der Waals surface area contributed by atoms with Crippen LogP contribution >= 0.6 is 0 Å². The van der Waals surface area contributed by atoms with Crippen LogP contribution in [-0.4, -0.2) is 59.7 Å².